The van der Waals surface area contributed by atoms with Crippen molar-refractivity contribution in [2.45, 2.75) is 13.8 Å². The van der Waals surface area contributed by atoms with Crippen molar-refractivity contribution in [1.29, 1.82) is 0 Å². The Balaban J connectivity index is 0.000000396. The topological polar surface area (TPSA) is 0 Å². The van der Waals surface area contributed by atoms with E-state index in [0.717, 1.165) is 5.57 Å². The molecule has 0 aromatic heterocycles. The molecule has 2 rings (SSSR count). The summed E-state index contributed by atoms with van der Waals surface area (Å²) in [6, 6.07) is 8.31. The minimum Gasteiger partial charge on any atom is -0.105 e. The van der Waals surface area contributed by atoms with E-state index in [9.17, 15) is 0 Å². The van der Waals surface area contributed by atoms with Gasteiger partial charge < -0.3 is 0 Å². The number of hydrogen-bond donors (Lipinski definition) is 0. The normalized spacial score (nSPS) is 12.8. The van der Waals surface area contributed by atoms with E-state index in [1.165, 1.54) is 16.4 Å². The van der Waals surface area contributed by atoms with Crippen LogP contribution in [0, 0.1) is 0 Å². The largest absolute Gasteiger partial charge is 0.105 e. The third-order valence-electron chi connectivity index (χ3n) is 1.91. The Morgan fingerprint density at radius 2 is 1.62 bits per heavy atom. The molecule has 0 saturated carbocycles. The van der Waals surface area contributed by atoms with Crippen molar-refractivity contribution in [2.24, 2.45) is 0 Å². The van der Waals surface area contributed by atoms with Crippen LogP contribution in [0.4, 0.5) is 0 Å². The van der Waals surface area contributed by atoms with Gasteiger partial charge in [-0.1, -0.05) is 44.7 Å². The third kappa shape index (κ3) is 1.89. The van der Waals surface area contributed by atoms with Gasteiger partial charge in [-0.25, -0.2) is 0 Å². The summed E-state index contributed by atoms with van der Waals surface area (Å²) in [4.78, 5) is 0. The van der Waals surface area contributed by atoms with Crippen LogP contribution in [0.3, 0.4) is 0 Å². The molecule has 0 saturated heterocycles. The summed E-state index contributed by atoms with van der Waals surface area (Å²) in [7, 11) is 2.72. The van der Waals surface area contributed by atoms with Gasteiger partial charge >= 0.3 is 0 Å². The van der Waals surface area contributed by atoms with Gasteiger partial charge in [-0.2, -0.15) is 0 Å². The Kier molecular flexibility index (Phi) is 3.45. The van der Waals surface area contributed by atoms with Gasteiger partial charge in [0.25, 0.3) is 0 Å². The van der Waals surface area contributed by atoms with Crippen LogP contribution in [0.1, 0.15) is 25.0 Å². The second kappa shape index (κ2) is 4.39. The number of allylic oxidation sites excluding steroid dienone is 2. The molecule has 1 aliphatic carbocycles. The molecule has 0 fully saturated rings. The van der Waals surface area contributed by atoms with Gasteiger partial charge in [-0.3, -0.25) is 0 Å². The molecule has 0 aliphatic heterocycles. The van der Waals surface area contributed by atoms with Crippen LogP contribution in [-0.2, 0) is 0 Å². The van der Waals surface area contributed by atoms with Crippen molar-refractivity contribution in [3.63, 3.8) is 0 Å². The highest BCUT2D eigenvalue weighted by molar-refractivity contribution is 7.31. The first-order chi connectivity index (χ1) is 6.29. The molecule has 1 atom stereocenters. The van der Waals surface area contributed by atoms with Crippen molar-refractivity contribution in [1.82, 2.24) is 0 Å². The molecule has 0 heterocycles. The Morgan fingerprint density at radius 1 is 1.08 bits per heavy atom. The van der Waals surface area contributed by atoms with E-state index in [1.54, 1.807) is 0 Å². The summed E-state index contributed by atoms with van der Waals surface area (Å²) in [6.45, 7) is 7.96. The van der Waals surface area contributed by atoms with E-state index in [1.807, 2.05) is 19.9 Å². The first kappa shape index (κ1) is 10.2. The van der Waals surface area contributed by atoms with E-state index in [4.69, 9.17) is 0 Å². The maximum atomic E-state index is 3.96. The lowest BCUT2D eigenvalue weighted by molar-refractivity contribution is 1.50. The number of hydrogen-bond acceptors (Lipinski definition) is 0. The van der Waals surface area contributed by atoms with Gasteiger partial charge in [0, 0.05) is 0 Å². The molecule has 0 bridgehead atoms. The second-order valence-corrected chi connectivity index (χ2v) is 3.29. The lowest BCUT2D eigenvalue weighted by atomic mass is 10.1. The van der Waals surface area contributed by atoms with Gasteiger partial charge in [0.2, 0.25) is 0 Å². The average Bonchev–Trinajstić information content (AvgIpc) is 2.47. The summed E-state index contributed by atoms with van der Waals surface area (Å²) >= 11 is 0. The highest BCUT2D eigenvalue weighted by atomic mass is 31.0. The Hall–Kier alpha value is -0.870. The van der Waals surface area contributed by atoms with E-state index in [2.05, 4.69) is 40.1 Å². The number of benzene rings is 1. The zero-order valence-electron chi connectivity index (χ0n) is 8.17. The molecule has 0 amide bonds. The zero-order valence-corrected chi connectivity index (χ0v) is 9.33. The molecule has 1 heteroatoms. The molecular formula is C12H15P. The summed E-state index contributed by atoms with van der Waals surface area (Å²) in [5, 5.41) is 1.24. The molecule has 0 radical (unpaired) electrons. The van der Waals surface area contributed by atoms with Crippen LogP contribution in [0.5, 0.6) is 0 Å². The summed E-state index contributed by atoms with van der Waals surface area (Å²) in [5.41, 5.74) is 3.67. The fourth-order valence-corrected chi connectivity index (χ4v) is 1.81. The van der Waals surface area contributed by atoms with Crippen LogP contribution in [0.2, 0.25) is 0 Å². The lowest BCUT2D eigenvalue weighted by Crippen LogP contribution is -1.77. The maximum Gasteiger partial charge on any atom is -0.0106 e. The molecule has 1 aliphatic rings. The summed E-state index contributed by atoms with van der Waals surface area (Å²) in [6.07, 6.45) is 2.09. The lowest BCUT2D eigenvalue weighted by Gasteiger charge is -1.98. The van der Waals surface area contributed by atoms with Crippen LogP contribution in [-0.4, -0.2) is 0 Å². The molecule has 0 N–H and O–H groups in total. The predicted octanol–water partition coefficient (Wildman–Crippen LogP) is 3.96. The standard InChI is InChI=1S/C10H9P.C2H6/c1-7-6-10(11)9-5-3-2-4-8(7)9;1-2/h2-6H,1,11H2;1-2H3. The maximum absolute atomic E-state index is 3.96. The fraction of sp³-hybridized carbons (Fsp3) is 0.167. The van der Waals surface area contributed by atoms with E-state index >= 15 is 0 Å². The predicted molar refractivity (Wildman–Crippen MR) is 64.5 cm³/mol. The monoisotopic (exact) mass is 190 g/mol. The van der Waals surface area contributed by atoms with E-state index in [0.29, 0.717) is 0 Å². The van der Waals surface area contributed by atoms with Crippen LogP contribution in [0.25, 0.3) is 10.9 Å². The van der Waals surface area contributed by atoms with Gasteiger partial charge in [0.1, 0.15) is 0 Å². The third-order valence-corrected chi connectivity index (χ3v) is 2.39. The van der Waals surface area contributed by atoms with Gasteiger partial charge in [-0.15, -0.1) is 9.24 Å². The quantitative estimate of drug-likeness (QED) is 0.543. The molecular weight excluding hydrogens is 175 g/mol. The van der Waals surface area contributed by atoms with Crippen molar-refractivity contribution in [3.05, 3.63) is 48.0 Å². The smallest absolute Gasteiger partial charge is 0.0106 e. The molecule has 68 valence electrons. The van der Waals surface area contributed by atoms with Crippen molar-refractivity contribution in [3.8, 4) is 0 Å². The van der Waals surface area contributed by atoms with Crippen molar-refractivity contribution < 1.29 is 0 Å². The second-order valence-electron chi connectivity index (χ2n) is 2.67. The molecule has 0 spiro atoms. The number of fused-ring (bicyclic) bond motifs is 1. The molecule has 0 nitrogen and oxygen atoms in total. The van der Waals surface area contributed by atoms with Gasteiger partial charge in [0.15, 0.2) is 0 Å². The minimum atomic E-state index is 1.12. The number of rotatable bonds is 0. The average molecular weight is 190 g/mol. The van der Waals surface area contributed by atoms with Crippen LogP contribution in [0.15, 0.2) is 36.9 Å². The van der Waals surface area contributed by atoms with Gasteiger partial charge in [-0.05, 0) is 28.1 Å². The van der Waals surface area contributed by atoms with Crippen LogP contribution < -0.4 is 0 Å². The van der Waals surface area contributed by atoms with E-state index in [-0.39, 0.29) is 0 Å². The molecule has 1 aromatic carbocycles. The Bertz CT molecular complexity index is 348. The minimum absolute atomic E-state index is 1.12. The fourth-order valence-electron chi connectivity index (χ4n) is 1.36. The molecule has 1 aromatic rings. The van der Waals surface area contributed by atoms with Gasteiger partial charge in [0.05, 0.1) is 0 Å². The summed E-state index contributed by atoms with van der Waals surface area (Å²) in [5.74, 6) is 0. The van der Waals surface area contributed by atoms with E-state index < -0.39 is 0 Å². The van der Waals surface area contributed by atoms with Crippen LogP contribution >= 0.6 is 9.24 Å². The van der Waals surface area contributed by atoms with Crippen molar-refractivity contribution in [2.75, 3.05) is 0 Å². The molecule has 1 unspecified atom stereocenters. The first-order valence-corrected chi connectivity index (χ1v) is 5.12. The summed E-state index contributed by atoms with van der Waals surface area (Å²) < 4.78 is 0. The SMILES string of the molecule is C=C1C=C(P)c2ccccc21.CC. The first-order valence-electron chi connectivity index (χ1n) is 4.55. The highest BCUT2D eigenvalue weighted by Crippen LogP contribution is 2.37. The van der Waals surface area contributed by atoms with Crippen molar-refractivity contribution >= 4 is 20.1 Å². The zero-order chi connectivity index (χ0) is 9.84. The Morgan fingerprint density at radius 3 is 2.15 bits per heavy atom. The Labute approximate surface area is 82.6 Å². The highest BCUT2D eigenvalue weighted by Gasteiger charge is 2.11. The molecule has 13 heavy (non-hydrogen) atoms.